The van der Waals surface area contributed by atoms with E-state index in [2.05, 4.69) is 59.1 Å². The molecule has 2 heterocycles. The third kappa shape index (κ3) is 5.85. The standard InChI is InChI=1S/C28H32FN3O.2ClH/c1-30(2)22-14-12-21(13-15-22)16-18-31-17-6-7-23(31)19-32-26-10-5-8-25(29)24(26)20-33-28-11-4-3-9-27(28)32;;/h3-5,8-15,23H,6-7,16-20H2,1-2H3;2*1H. The average molecular weight is 519 g/mol. The molecular formula is C28H34Cl2FN3O. The number of rotatable bonds is 6. The molecule has 7 heteroatoms. The zero-order valence-electron chi connectivity index (χ0n) is 20.3. The van der Waals surface area contributed by atoms with E-state index in [0.717, 1.165) is 49.6 Å². The largest absolute Gasteiger partial charge is 0.487 e. The monoisotopic (exact) mass is 517 g/mol. The Kier molecular flexibility index (Phi) is 9.28. The van der Waals surface area contributed by atoms with Gasteiger partial charge in [0.2, 0.25) is 0 Å². The number of para-hydroxylation sites is 2. The first-order valence-corrected chi connectivity index (χ1v) is 11.9. The Hall–Kier alpha value is -2.47. The fraction of sp³-hybridized carbons (Fsp3) is 0.357. The summed E-state index contributed by atoms with van der Waals surface area (Å²) in [4.78, 5) is 7.01. The van der Waals surface area contributed by atoms with E-state index in [4.69, 9.17) is 4.74 Å². The van der Waals surface area contributed by atoms with Gasteiger partial charge in [0.25, 0.3) is 0 Å². The molecule has 1 fully saturated rings. The lowest BCUT2D eigenvalue weighted by Gasteiger charge is -2.32. The summed E-state index contributed by atoms with van der Waals surface area (Å²) < 4.78 is 20.7. The van der Waals surface area contributed by atoms with Gasteiger partial charge in [0.1, 0.15) is 18.2 Å². The molecule has 5 rings (SSSR count). The zero-order valence-corrected chi connectivity index (χ0v) is 22.0. The van der Waals surface area contributed by atoms with E-state index in [1.165, 1.54) is 23.7 Å². The lowest BCUT2D eigenvalue weighted by molar-refractivity contribution is 0.261. The van der Waals surface area contributed by atoms with Crippen molar-refractivity contribution in [2.24, 2.45) is 0 Å². The third-order valence-corrected chi connectivity index (χ3v) is 6.95. The Balaban J connectivity index is 0.00000171. The number of anilines is 3. The molecule has 0 aromatic heterocycles. The van der Waals surface area contributed by atoms with E-state index in [0.29, 0.717) is 11.6 Å². The van der Waals surface area contributed by atoms with Crippen LogP contribution in [0.5, 0.6) is 5.75 Å². The molecule has 3 aromatic carbocycles. The first kappa shape index (κ1) is 27.1. The zero-order chi connectivity index (χ0) is 22.8. The van der Waals surface area contributed by atoms with Crippen molar-refractivity contribution in [2.75, 3.05) is 43.5 Å². The first-order valence-electron chi connectivity index (χ1n) is 11.9. The van der Waals surface area contributed by atoms with Gasteiger partial charge < -0.3 is 14.5 Å². The number of hydrogen-bond acceptors (Lipinski definition) is 4. The molecule has 0 N–H and O–H groups in total. The molecule has 0 bridgehead atoms. The van der Waals surface area contributed by atoms with E-state index in [1.54, 1.807) is 6.07 Å². The quantitative estimate of drug-likeness (QED) is 0.372. The highest BCUT2D eigenvalue weighted by Crippen LogP contribution is 2.41. The minimum atomic E-state index is -0.199. The molecule has 2 aliphatic heterocycles. The van der Waals surface area contributed by atoms with Crippen LogP contribution in [-0.4, -0.2) is 44.7 Å². The van der Waals surface area contributed by atoms with Crippen LogP contribution >= 0.6 is 24.8 Å². The molecule has 35 heavy (non-hydrogen) atoms. The maximum absolute atomic E-state index is 14.7. The molecule has 2 aliphatic rings. The molecule has 0 aliphatic carbocycles. The van der Waals surface area contributed by atoms with E-state index in [-0.39, 0.29) is 37.2 Å². The molecule has 0 amide bonds. The minimum absolute atomic E-state index is 0. The van der Waals surface area contributed by atoms with E-state index < -0.39 is 0 Å². The van der Waals surface area contributed by atoms with Crippen molar-refractivity contribution in [1.82, 2.24) is 4.90 Å². The predicted molar refractivity (Wildman–Crippen MR) is 148 cm³/mol. The van der Waals surface area contributed by atoms with Gasteiger partial charge in [-0.2, -0.15) is 0 Å². The van der Waals surface area contributed by atoms with Crippen molar-refractivity contribution in [2.45, 2.75) is 31.9 Å². The normalized spacial score (nSPS) is 16.8. The number of halogens is 3. The molecule has 188 valence electrons. The average Bonchev–Trinajstić information content (AvgIpc) is 3.21. The van der Waals surface area contributed by atoms with Gasteiger partial charge in [-0.3, -0.25) is 4.90 Å². The summed E-state index contributed by atoms with van der Waals surface area (Å²) >= 11 is 0. The highest BCUT2D eigenvalue weighted by Gasteiger charge is 2.30. The molecule has 1 atom stereocenters. The second-order valence-corrected chi connectivity index (χ2v) is 9.25. The molecular weight excluding hydrogens is 484 g/mol. The highest BCUT2D eigenvalue weighted by atomic mass is 35.5. The lowest BCUT2D eigenvalue weighted by atomic mass is 10.1. The fourth-order valence-corrected chi connectivity index (χ4v) is 5.06. The van der Waals surface area contributed by atoms with Crippen molar-refractivity contribution in [3.63, 3.8) is 0 Å². The summed E-state index contributed by atoms with van der Waals surface area (Å²) in [6.45, 7) is 3.24. The van der Waals surface area contributed by atoms with Gasteiger partial charge in [-0.25, -0.2) is 4.39 Å². The van der Waals surface area contributed by atoms with Crippen molar-refractivity contribution < 1.29 is 9.13 Å². The van der Waals surface area contributed by atoms with E-state index in [9.17, 15) is 4.39 Å². The Morgan fingerprint density at radius 2 is 1.69 bits per heavy atom. The second kappa shape index (κ2) is 12.0. The predicted octanol–water partition coefficient (Wildman–Crippen LogP) is 6.47. The third-order valence-electron chi connectivity index (χ3n) is 6.95. The van der Waals surface area contributed by atoms with Crippen LogP contribution in [0.4, 0.5) is 21.5 Å². The number of hydrogen-bond donors (Lipinski definition) is 0. The van der Waals surface area contributed by atoms with E-state index >= 15 is 0 Å². The van der Waals surface area contributed by atoms with Crippen LogP contribution in [0.1, 0.15) is 24.0 Å². The van der Waals surface area contributed by atoms with Crippen LogP contribution in [0.2, 0.25) is 0 Å². The molecule has 4 nitrogen and oxygen atoms in total. The Labute approximate surface area is 220 Å². The molecule has 0 radical (unpaired) electrons. The summed E-state index contributed by atoms with van der Waals surface area (Å²) in [6, 6.07) is 22.7. The summed E-state index contributed by atoms with van der Waals surface area (Å²) in [7, 11) is 4.14. The van der Waals surface area contributed by atoms with Crippen LogP contribution in [0, 0.1) is 5.82 Å². The number of fused-ring (bicyclic) bond motifs is 2. The van der Waals surface area contributed by atoms with Gasteiger partial charge in [0.15, 0.2) is 0 Å². The van der Waals surface area contributed by atoms with E-state index in [1.807, 2.05) is 24.3 Å². The number of likely N-dealkylation sites (tertiary alicyclic amines) is 1. The summed E-state index contributed by atoms with van der Waals surface area (Å²) in [5, 5.41) is 0. The van der Waals surface area contributed by atoms with Crippen LogP contribution in [0.15, 0.2) is 66.7 Å². The van der Waals surface area contributed by atoms with Crippen molar-refractivity contribution in [3.05, 3.63) is 83.7 Å². The van der Waals surface area contributed by atoms with Crippen molar-refractivity contribution in [3.8, 4) is 5.75 Å². The van der Waals surface area contributed by atoms with Crippen LogP contribution < -0.4 is 14.5 Å². The van der Waals surface area contributed by atoms with Gasteiger partial charge in [-0.05, 0) is 67.8 Å². The minimum Gasteiger partial charge on any atom is -0.487 e. The number of ether oxygens (including phenoxy) is 1. The maximum atomic E-state index is 14.7. The van der Waals surface area contributed by atoms with Crippen LogP contribution in [0.3, 0.4) is 0 Å². The molecule has 3 aromatic rings. The maximum Gasteiger partial charge on any atom is 0.143 e. The van der Waals surface area contributed by atoms with Crippen LogP contribution in [0.25, 0.3) is 0 Å². The lowest BCUT2D eigenvalue weighted by Crippen LogP contribution is -2.39. The summed E-state index contributed by atoms with van der Waals surface area (Å²) in [5.41, 5.74) is 5.18. The van der Waals surface area contributed by atoms with Gasteiger partial charge in [0.05, 0.1) is 11.4 Å². The molecule has 1 unspecified atom stereocenters. The first-order chi connectivity index (χ1) is 16.1. The fourth-order valence-electron chi connectivity index (χ4n) is 5.06. The Bertz CT molecular complexity index is 1110. The van der Waals surface area contributed by atoms with Gasteiger partial charge in [0, 0.05) is 44.5 Å². The smallest absolute Gasteiger partial charge is 0.143 e. The second-order valence-electron chi connectivity index (χ2n) is 9.25. The summed E-state index contributed by atoms with van der Waals surface area (Å²) in [5.74, 6) is 0.619. The van der Waals surface area contributed by atoms with Crippen molar-refractivity contribution in [1.29, 1.82) is 0 Å². The Morgan fingerprint density at radius 1 is 0.943 bits per heavy atom. The van der Waals surface area contributed by atoms with Gasteiger partial charge in [-0.1, -0.05) is 30.3 Å². The van der Waals surface area contributed by atoms with Gasteiger partial charge in [-0.15, -0.1) is 24.8 Å². The topological polar surface area (TPSA) is 19.0 Å². The summed E-state index contributed by atoms with van der Waals surface area (Å²) in [6.07, 6.45) is 3.39. The highest BCUT2D eigenvalue weighted by molar-refractivity contribution is 5.85. The molecule has 0 spiro atoms. The SMILES string of the molecule is CN(C)c1ccc(CCN2CCCC2CN2c3ccccc3OCc3c(F)cccc32)cc1.Cl.Cl. The molecule has 0 saturated carbocycles. The number of nitrogens with zero attached hydrogens (tertiary/aromatic N) is 3. The Morgan fingerprint density at radius 3 is 2.46 bits per heavy atom. The van der Waals surface area contributed by atoms with Gasteiger partial charge >= 0.3 is 0 Å². The number of benzene rings is 3. The van der Waals surface area contributed by atoms with Crippen molar-refractivity contribution >= 4 is 41.9 Å². The van der Waals surface area contributed by atoms with Crippen LogP contribution in [-0.2, 0) is 13.0 Å². The molecule has 1 saturated heterocycles.